The lowest BCUT2D eigenvalue weighted by atomic mass is 10.1. The van der Waals surface area contributed by atoms with Crippen LogP contribution in [0, 0.1) is 0 Å². The zero-order chi connectivity index (χ0) is 19.9. The van der Waals surface area contributed by atoms with Crippen molar-refractivity contribution in [2.24, 2.45) is 0 Å². The fraction of sp³-hybridized carbons (Fsp3) is 0.353. The quantitative estimate of drug-likeness (QED) is 0.484. The van der Waals surface area contributed by atoms with E-state index in [0.717, 1.165) is 5.56 Å². The van der Waals surface area contributed by atoms with Gasteiger partial charge in [0.2, 0.25) is 5.28 Å². The average molecular weight is 448 g/mol. The first kappa shape index (κ1) is 20.2. The SMILES string of the molecule is COc1cc(OC)c(Cl)c(N2Cc3cnc(Cl)nc3N(C(C)C)C2=S)c1Cl. The number of halogens is 3. The van der Waals surface area contributed by atoms with Crippen LogP contribution < -0.4 is 19.3 Å². The van der Waals surface area contributed by atoms with Crippen molar-refractivity contribution in [2.45, 2.75) is 26.4 Å². The summed E-state index contributed by atoms with van der Waals surface area (Å²) in [4.78, 5) is 12.2. The number of aromatic nitrogens is 2. The van der Waals surface area contributed by atoms with Crippen LogP contribution in [0.4, 0.5) is 11.5 Å². The second kappa shape index (κ2) is 7.83. The number of benzene rings is 1. The lowest BCUT2D eigenvalue weighted by Gasteiger charge is -2.41. The van der Waals surface area contributed by atoms with Crippen LogP contribution in [-0.4, -0.2) is 35.3 Å². The summed E-state index contributed by atoms with van der Waals surface area (Å²) in [6.07, 6.45) is 1.67. The molecule has 1 aliphatic rings. The summed E-state index contributed by atoms with van der Waals surface area (Å²) in [5.74, 6) is 1.54. The van der Waals surface area contributed by atoms with Crippen molar-refractivity contribution in [1.82, 2.24) is 9.97 Å². The monoisotopic (exact) mass is 446 g/mol. The predicted octanol–water partition coefficient (Wildman–Crippen LogP) is 4.97. The molecule has 0 fully saturated rings. The van der Waals surface area contributed by atoms with Gasteiger partial charge in [0.05, 0.1) is 26.5 Å². The Morgan fingerprint density at radius 1 is 1.11 bits per heavy atom. The maximum absolute atomic E-state index is 6.58. The first-order chi connectivity index (χ1) is 12.8. The fourth-order valence-corrected chi connectivity index (χ4v) is 4.19. The van der Waals surface area contributed by atoms with Crippen molar-refractivity contribution >= 4 is 63.6 Å². The molecule has 2 aromatic rings. The Morgan fingerprint density at radius 3 is 2.22 bits per heavy atom. The normalized spacial score (nSPS) is 13.9. The minimum absolute atomic E-state index is 0.0232. The molecule has 144 valence electrons. The highest BCUT2D eigenvalue weighted by Gasteiger charge is 2.35. The third-order valence-corrected chi connectivity index (χ3v) is 5.47. The fourth-order valence-electron chi connectivity index (χ4n) is 2.91. The molecule has 0 atom stereocenters. The van der Waals surface area contributed by atoms with E-state index in [4.69, 9.17) is 56.5 Å². The van der Waals surface area contributed by atoms with E-state index in [-0.39, 0.29) is 11.3 Å². The van der Waals surface area contributed by atoms with Gasteiger partial charge in [-0.25, -0.2) is 4.98 Å². The number of rotatable bonds is 4. The molecule has 10 heteroatoms. The summed E-state index contributed by atoms with van der Waals surface area (Å²) in [6, 6.07) is 1.66. The van der Waals surface area contributed by atoms with Gasteiger partial charge in [-0.2, -0.15) is 4.98 Å². The number of hydrogen-bond acceptors (Lipinski definition) is 5. The summed E-state index contributed by atoms with van der Waals surface area (Å²) in [5.41, 5.74) is 1.35. The van der Waals surface area contributed by atoms with Crippen LogP contribution in [0.3, 0.4) is 0 Å². The van der Waals surface area contributed by atoms with E-state index in [1.165, 1.54) is 14.2 Å². The molecule has 0 bridgehead atoms. The Labute approximate surface area is 177 Å². The molecule has 1 aromatic heterocycles. The van der Waals surface area contributed by atoms with E-state index >= 15 is 0 Å². The highest BCUT2D eigenvalue weighted by Crippen LogP contribution is 2.48. The lowest BCUT2D eigenvalue weighted by molar-refractivity contribution is 0.395. The van der Waals surface area contributed by atoms with Crippen molar-refractivity contribution < 1.29 is 9.47 Å². The second-order valence-electron chi connectivity index (χ2n) is 6.08. The summed E-state index contributed by atoms with van der Waals surface area (Å²) >= 11 is 24.9. The van der Waals surface area contributed by atoms with Gasteiger partial charge < -0.3 is 19.3 Å². The maximum atomic E-state index is 6.58. The van der Waals surface area contributed by atoms with E-state index in [0.29, 0.717) is 44.7 Å². The molecule has 0 N–H and O–H groups in total. The Hall–Kier alpha value is -1.54. The highest BCUT2D eigenvalue weighted by molar-refractivity contribution is 7.80. The Balaban J connectivity index is 2.21. The predicted molar refractivity (Wildman–Crippen MR) is 113 cm³/mol. The highest BCUT2D eigenvalue weighted by atomic mass is 35.5. The first-order valence-corrected chi connectivity index (χ1v) is 9.56. The van der Waals surface area contributed by atoms with E-state index in [2.05, 4.69) is 9.97 Å². The molecule has 3 rings (SSSR count). The zero-order valence-electron chi connectivity index (χ0n) is 15.1. The molecule has 27 heavy (non-hydrogen) atoms. The number of hydrogen-bond donors (Lipinski definition) is 0. The smallest absolute Gasteiger partial charge is 0.224 e. The van der Waals surface area contributed by atoms with Gasteiger partial charge in [-0.1, -0.05) is 23.2 Å². The third kappa shape index (κ3) is 3.49. The number of anilines is 2. The third-order valence-electron chi connectivity index (χ3n) is 4.14. The van der Waals surface area contributed by atoms with Crippen molar-refractivity contribution in [1.29, 1.82) is 0 Å². The van der Waals surface area contributed by atoms with Crippen molar-refractivity contribution in [2.75, 3.05) is 24.0 Å². The molecule has 0 radical (unpaired) electrons. The number of nitrogens with zero attached hydrogens (tertiary/aromatic N) is 4. The Morgan fingerprint density at radius 2 is 1.70 bits per heavy atom. The summed E-state index contributed by atoms with van der Waals surface area (Å²) < 4.78 is 10.7. The molecular weight excluding hydrogens is 431 g/mol. The molecule has 0 unspecified atom stereocenters. The van der Waals surface area contributed by atoms with Crippen LogP contribution in [0.1, 0.15) is 19.4 Å². The van der Waals surface area contributed by atoms with Crippen LogP contribution in [0.2, 0.25) is 15.3 Å². The number of fused-ring (bicyclic) bond motifs is 1. The van der Waals surface area contributed by atoms with Crippen molar-refractivity contribution in [3.8, 4) is 11.5 Å². The largest absolute Gasteiger partial charge is 0.495 e. The van der Waals surface area contributed by atoms with Gasteiger partial charge >= 0.3 is 0 Å². The standard InChI is InChI=1S/C17H17Cl3N4O2S/c1-8(2)24-15-9(6-21-16(20)22-15)7-23(17(24)27)14-12(18)10(25-3)5-11(26-4)13(14)19/h5-6,8H,7H2,1-4H3. The van der Waals surface area contributed by atoms with Gasteiger partial charge in [0, 0.05) is 23.9 Å². The van der Waals surface area contributed by atoms with E-state index in [9.17, 15) is 0 Å². The first-order valence-electron chi connectivity index (χ1n) is 8.02. The zero-order valence-corrected chi connectivity index (χ0v) is 18.2. The molecule has 2 heterocycles. The minimum Gasteiger partial charge on any atom is -0.495 e. The Kier molecular flexibility index (Phi) is 5.86. The van der Waals surface area contributed by atoms with Crippen LogP contribution >= 0.6 is 47.0 Å². The topological polar surface area (TPSA) is 50.7 Å². The summed E-state index contributed by atoms with van der Waals surface area (Å²) in [5, 5.41) is 1.33. The molecule has 0 spiro atoms. The van der Waals surface area contributed by atoms with E-state index in [1.54, 1.807) is 12.3 Å². The number of thiocarbonyl (C=S) groups is 1. The second-order valence-corrected chi connectivity index (χ2v) is 7.54. The van der Waals surface area contributed by atoms with Crippen LogP contribution in [0.15, 0.2) is 12.3 Å². The van der Waals surface area contributed by atoms with Gasteiger partial charge in [0.1, 0.15) is 27.4 Å². The van der Waals surface area contributed by atoms with Gasteiger partial charge in [-0.15, -0.1) is 0 Å². The summed E-state index contributed by atoms with van der Waals surface area (Å²) in [6.45, 7) is 4.39. The molecule has 1 aliphatic heterocycles. The summed E-state index contributed by atoms with van der Waals surface area (Å²) in [7, 11) is 3.05. The van der Waals surface area contributed by atoms with Gasteiger partial charge in [0.15, 0.2) is 5.11 Å². The van der Waals surface area contributed by atoms with Crippen molar-refractivity contribution in [3.63, 3.8) is 0 Å². The molecule has 0 aliphatic carbocycles. The lowest BCUT2D eigenvalue weighted by Crippen LogP contribution is -2.51. The van der Waals surface area contributed by atoms with Crippen LogP contribution in [0.5, 0.6) is 11.5 Å². The molecule has 0 saturated carbocycles. The number of ether oxygens (including phenoxy) is 2. The Bertz CT molecular complexity index is 882. The minimum atomic E-state index is 0.0232. The molecule has 0 saturated heterocycles. The van der Waals surface area contributed by atoms with E-state index in [1.807, 2.05) is 23.6 Å². The van der Waals surface area contributed by atoms with Gasteiger partial charge in [-0.05, 0) is 37.7 Å². The molecule has 6 nitrogen and oxygen atoms in total. The van der Waals surface area contributed by atoms with Crippen LogP contribution in [-0.2, 0) is 6.54 Å². The van der Waals surface area contributed by atoms with Gasteiger partial charge in [-0.3, -0.25) is 0 Å². The number of methoxy groups -OCH3 is 2. The maximum Gasteiger partial charge on any atom is 0.224 e. The average Bonchev–Trinajstić information content (AvgIpc) is 2.62. The van der Waals surface area contributed by atoms with E-state index < -0.39 is 0 Å². The molecule has 0 amide bonds. The van der Waals surface area contributed by atoms with Crippen LogP contribution in [0.25, 0.3) is 0 Å². The van der Waals surface area contributed by atoms with Crippen molar-refractivity contribution in [3.05, 3.63) is 33.2 Å². The van der Waals surface area contributed by atoms with Gasteiger partial charge in [0.25, 0.3) is 0 Å². The molecule has 1 aromatic carbocycles. The molecular formula is C17H17Cl3N4O2S.